The van der Waals surface area contributed by atoms with Crippen molar-refractivity contribution in [1.82, 2.24) is 0 Å². The third-order valence-corrected chi connectivity index (χ3v) is 3.96. The molecule has 0 aliphatic carbocycles. The summed E-state index contributed by atoms with van der Waals surface area (Å²) in [6.45, 7) is 4.35. The van der Waals surface area contributed by atoms with E-state index in [2.05, 4.69) is 5.32 Å². The summed E-state index contributed by atoms with van der Waals surface area (Å²) in [6.07, 6.45) is 0.851. The zero-order valence-electron chi connectivity index (χ0n) is 17.7. The molecule has 0 heterocycles. The Kier molecular flexibility index (Phi) is 8.80. The lowest BCUT2D eigenvalue weighted by molar-refractivity contribution is -0.119. The summed E-state index contributed by atoms with van der Waals surface area (Å²) in [4.78, 5) is 24.5. The minimum atomic E-state index is -0.644. The van der Waals surface area contributed by atoms with Gasteiger partial charge in [0, 0.05) is 6.07 Å². The van der Waals surface area contributed by atoms with Gasteiger partial charge in [0.1, 0.15) is 11.5 Å². The van der Waals surface area contributed by atoms with Crippen LogP contribution in [0.25, 0.3) is 0 Å². The average Bonchev–Trinajstić information content (AvgIpc) is 2.77. The van der Waals surface area contributed by atoms with Gasteiger partial charge in [0.25, 0.3) is 5.91 Å². The molecule has 8 nitrogen and oxygen atoms in total. The predicted molar refractivity (Wildman–Crippen MR) is 112 cm³/mol. The number of hydrogen-bond donors (Lipinski definition) is 1. The van der Waals surface area contributed by atoms with Crippen molar-refractivity contribution in [3.8, 4) is 23.0 Å². The lowest BCUT2D eigenvalue weighted by Crippen LogP contribution is -2.21. The van der Waals surface area contributed by atoms with Crippen LogP contribution in [0, 0.1) is 0 Å². The van der Waals surface area contributed by atoms with Crippen LogP contribution in [0.15, 0.2) is 36.4 Å². The highest BCUT2D eigenvalue weighted by Gasteiger charge is 2.15. The number of esters is 1. The van der Waals surface area contributed by atoms with Gasteiger partial charge >= 0.3 is 5.97 Å². The number of anilines is 1. The maximum Gasteiger partial charge on any atom is 0.338 e. The van der Waals surface area contributed by atoms with Gasteiger partial charge in [0.15, 0.2) is 18.1 Å². The van der Waals surface area contributed by atoms with E-state index in [4.69, 9.17) is 23.7 Å². The van der Waals surface area contributed by atoms with Crippen LogP contribution >= 0.6 is 0 Å². The van der Waals surface area contributed by atoms with Crippen molar-refractivity contribution < 1.29 is 33.3 Å². The Hall–Kier alpha value is -3.42. The summed E-state index contributed by atoms with van der Waals surface area (Å²) in [5, 5.41) is 2.64. The Morgan fingerprint density at radius 1 is 0.900 bits per heavy atom. The molecule has 0 bridgehead atoms. The van der Waals surface area contributed by atoms with Gasteiger partial charge in [-0.05, 0) is 43.7 Å². The first-order chi connectivity index (χ1) is 14.5. The number of hydrogen-bond acceptors (Lipinski definition) is 7. The highest BCUT2D eigenvalue weighted by atomic mass is 16.5. The first kappa shape index (κ1) is 22.9. The molecule has 0 atom stereocenters. The van der Waals surface area contributed by atoms with Gasteiger partial charge in [-0.2, -0.15) is 0 Å². The van der Waals surface area contributed by atoms with E-state index in [-0.39, 0.29) is 5.56 Å². The number of carbonyl (C=O) groups excluding carboxylic acids is 2. The standard InChI is InChI=1S/C22H27NO7/c1-5-11-29-18-10-7-15(12-20(18)28-6-2)22(25)30-14-21(24)23-17-9-8-16(26-3)13-19(17)27-4/h7-10,12-13H,5-6,11,14H2,1-4H3,(H,23,24). The van der Waals surface area contributed by atoms with Crippen LogP contribution in [0.2, 0.25) is 0 Å². The Labute approximate surface area is 176 Å². The van der Waals surface area contributed by atoms with Crippen molar-refractivity contribution in [1.29, 1.82) is 0 Å². The largest absolute Gasteiger partial charge is 0.497 e. The molecule has 0 radical (unpaired) electrons. The monoisotopic (exact) mass is 417 g/mol. The average molecular weight is 417 g/mol. The quantitative estimate of drug-likeness (QED) is 0.558. The lowest BCUT2D eigenvalue weighted by Gasteiger charge is -2.13. The molecule has 0 fully saturated rings. The lowest BCUT2D eigenvalue weighted by atomic mass is 10.2. The first-order valence-electron chi connectivity index (χ1n) is 9.61. The van der Waals surface area contributed by atoms with Crippen LogP contribution < -0.4 is 24.3 Å². The fourth-order valence-corrected chi connectivity index (χ4v) is 2.54. The van der Waals surface area contributed by atoms with Gasteiger partial charge in [-0.1, -0.05) is 6.92 Å². The number of nitrogens with one attached hydrogen (secondary N) is 1. The number of rotatable bonds is 11. The second-order valence-corrected chi connectivity index (χ2v) is 6.13. The number of amides is 1. The maximum absolute atomic E-state index is 12.4. The summed E-state index contributed by atoms with van der Waals surface area (Å²) in [6, 6.07) is 9.72. The van der Waals surface area contributed by atoms with Crippen molar-refractivity contribution >= 4 is 17.6 Å². The fraction of sp³-hybridized carbons (Fsp3) is 0.364. The van der Waals surface area contributed by atoms with Crippen LogP contribution in [0.5, 0.6) is 23.0 Å². The second-order valence-electron chi connectivity index (χ2n) is 6.13. The maximum atomic E-state index is 12.4. The first-order valence-corrected chi connectivity index (χ1v) is 9.61. The van der Waals surface area contributed by atoms with Gasteiger partial charge in [-0.25, -0.2) is 4.79 Å². The number of benzene rings is 2. The van der Waals surface area contributed by atoms with Crippen molar-refractivity contribution in [3.63, 3.8) is 0 Å². The molecule has 30 heavy (non-hydrogen) atoms. The zero-order valence-corrected chi connectivity index (χ0v) is 17.7. The molecule has 2 aromatic carbocycles. The zero-order chi connectivity index (χ0) is 21.9. The molecule has 0 spiro atoms. The molecule has 0 saturated carbocycles. The molecular weight excluding hydrogens is 390 g/mol. The predicted octanol–water partition coefficient (Wildman–Crippen LogP) is 3.69. The Morgan fingerprint density at radius 2 is 1.70 bits per heavy atom. The van der Waals surface area contributed by atoms with E-state index in [1.165, 1.54) is 14.2 Å². The van der Waals surface area contributed by atoms with E-state index >= 15 is 0 Å². The van der Waals surface area contributed by atoms with Crippen LogP contribution in [0.1, 0.15) is 30.6 Å². The number of ether oxygens (including phenoxy) is 5. The summed E-state index contributed by atoms with van der Waals surface area (Å²) >= 11 is 0. The van der Waals surface area contributed by atoms with Gasteiger partial charge in [0.05, 0.1) is 38.7 Å². The van der Waals surface area contributed by atoms with Gasteiger partial charge in [-0.15, -0.1) is 0 Å². The fourth-order valence-electron chi connectivity index (χ4n) is 2.54. The van der Waals surface area contributed by atoms with E-state index in [1.54, 1.807) is 36.4 Å². The van der Waals surface area contributed by atoms with Crippen molar-refractivity contribution in [2.75, 3.05) is 39.4 Å². The van der Waals surface area contributed by atoms with E-state index in [1.807, 2.05) is 13.8 Å². The van der Waals surface area contributed by atoms with E-state index in [9.17, 15) is 9.59 Å². The van der Waals surface area contributed by atoms with Gasteiger partial charge < -0.3 is 29.0 Å². The number of methoxy groups -OCH3 is 2. The van der Waals surface area contributed by atoms with Crippen LogP contribution in [-0.4, -0.2) is 45.9 Å². The Morgan fingerprint density at radius 3 is 2.37 bits per heavy atom. The summed E-state index contributed by atoms with van der Waals surface area (Å²) in [5.74, 6) is 0.882. The second kappa shape index (κ2) is 11.5. The molecular formula is C22H27NO7. The summed E-state index contributed by atoms with van der Waals surface area (Å²) in [5.41, 5.74) is 0.701. The molecule has 8 heteroatoms. The summed E-state index contributed by atoms with van der Waals surface area (Å²) < 4.78 is 26.6. The van der Waals surface area contributed by atoms with Crippen molar-refractivity contribution in [3.05, 3.63) is 42.0 Å². The molecule has 1 amide bonds. The summed E-state index contributed by atoms with van der Waals surface area (Å²) in [7, 11) is 3.01. The Balaban J connectivity index is 1.99. The van der Waals surface area contributed by atoms with Crippen LogP contribution in [0.4, 0.5) is 5.69 Å². The smallest absolute Gasteiger partial charge is 0.338 e. The molecule has 0 aliphatic rings. The highest BCUT2D eigenvalue weighted by molar-refractivity contribution is 5.96. The van der Waals surface area contributed by atoms with E-state index in [0.717, 1.165) is 6.42 Å². The van der Waals surface area contributed by atoms with E-state index in [0.29, 0.717) is 41.9 Å². The molecule has 162 valence electrons. The van der Waals surface area contributed by atoms with Crippen LogP contribution in [0.3, 0.4) is 0 Å². The number of carbonyl (C=O) groups is 2. The SMILES string of the molecule is CCCOc1ccc(C(=O)OCC(=O)Nc2ccc(OC)cc2OC)cc1OCC. The molecule has 0 aromatic heterocycles. The third kappa shape index (κ3) is 6.30. The minimum absolute atomic E-state index is 0.261. The molecule has 2 aromatic rings. The Bertz CT molecular complexity index is 867. The molecule has 1 N–H and O–H groups in total. The minimum Gasteiger partial charge on any atom is -0.497 e. The third-order valence-electron chi connectivity index (χ3n) is 3.96. The topological polar surface area (TPSA) is 92.3 Å². The molecule has 0 unspecified atom stereocenters. The van der Waals surface area contributed by atoms with Crippen molar-refractivity contribution in [2.45, 2.75) is 20.3 Å². The van der Waals surface area contributed by atoms with Gasteiger partial charge in [-0.3, -0.25) is 4.79 Å². The van der Waals surface area contributed by atoms with E-state index < -0.39 is 18.5 Å². The molecule has 0 saturated heterocycles. The van der Waals surface area contributed by atoms with Crippen molar-refractivity contribution in [2.24, 2.45) is 0 Å². The molecule has 2 rings (SSSR count). The highest BCUT2D eigenvalue weighted by Crippen LogP contribution is 2.30. The molecule has 0 aliphatic heterocycles. The van der Waals surface area contributed by atoms with Crippen LogP contribution in [-0.2, 0) is 9.53 Å². The van der Waals surface area contributed by atoms with Gasteiger partial charge in [0.2, 0.25) is 0 Å². The normalized spacial score (nSPS) is 10.1.